The number of rotatable bonds is 1. The smallest absolute Gasteiger partial charge is 0.0704 e. The van der Waals surface area contributed by atoms with Crippen LogP contribution in [0.5, 0.6) is 0 Å². The van der Waals surface area contributed by atoms with Gasteiger partial charge in [-0.1, -0.05) is 13.8 Å². The number of fused-ring (bicyclic) bond motifs is 2. The average molecular weight is 170 g/mol. The van der Waals surface area contributed by atoms with Crippen molar-refractivity contribution in [1.29, 1.82) is 0 Å². The van der Waals surface area contributed by atoms with Gasteiger partial charge in [-0.05, 0) is 36.5 Å². The predicted molar refractivity (Wildman–Crippen MR) is 46.6 cm³/mol. The Morgan fingerprint density at radius 2 is 2.08 bits per heavy atom. The molecule has 0 radical (unpaired) electrons. The Kier molecular flexibility index (Phi) is 1.59. The first-order chi connectivity index (χ1) is 5.51. The SMILES string of the molecule is CC1(C)[C@H]2C[C@]1(O)CC[C@@H]2CO. The Morgan fingerprint density at radius 3 is 2.50 bits per heavy atom. The lowest BCUT2D eigenvalue weighted by molar-refractivity contribution is -0.247. The van der Waals surface area contributed by atoms with Gasteiger partial charge in [0, 0.05) is 6.61 Å². The molecule has 0 heterocycles. The number of aliphatic hydroxyl groups excluding tert-OH is 1. The Labute approximate surface area is 73.6 Å². The van der Waals surface area contributed by atoms with E-state index in [1.165, 1.54) is 0 Å². The maximum atomic E-state index is 10.1. The van der Waals surface area contributed by atoms with Crippen molar-refractivity contribution in [3.8, 4) is 0 Å². The second-order valence-electron chi connectivity index (χ2n) is 5.05. The van der Waals surface area contributed by atoms with Gasteiger partial charge >= 0.3 is 0 Å². The Hall–Kier alpha value is -0.0800. The second-order valence-corrected chi connectivity index (χ2v) is 5.05. The van der Waals surface area contributed by atoms with Crippen molar-refractivity contribution in [3.63, 3.8) is 0 Å². The van der Waals surface area contributed by atoms with Gasteiger partial charge in [0.1, 0.15) is 0 Å². The molecule has 3 rings (SSSR count). The van der Waals surface area contributed by atoms with Crippen molar-refractivity contribution in [2.45, 2.75) is 38.7 Å². The molecule has 2 N–H and O–H groups in total. The van der Waals surface area contributed by atoms with Crippen LogP contribution in [0.25, 0.3) is 0 Å². The molecule has 0 unspecified atom stereocenters. The Balaban J connectivity index is 2.18. The van der Waals surface area contributed by atoms with Gasteiger partial charge in [0.2, 0.25) is 0 Å². The third kappa shape index (κ3) is 0.775. The molecular formula is C10H18O2. The van der Waals surface area contributed by atoms with Crippen LogP contribution in [0.3, 0.4) is 0 Å². The first kappa shape index (κ1) is 8.52. The highest BCUT2D eigenvalue weighted by Crippen LogP contribution is 2.63. The van der Waals surface area contributed by atoms with E-state index < -0.39 is 5.60 Å². The number of hydrogen-bond acceptors (Lipinski definition) is 2. The van der Waals surface area contributed by atoms with Crippen LogP contribution in [0.15, 0.2) is 0 Å². The van der Waals surface area contributed by atoms with Gasteiger partial charge in [0.25, 0.3) is 0 Å². The first-order valence-corrected chi connectivity index (χ1v) is 4.84. The van der Waals surface area contributed by atoms with Gasteiger partial charge in [-0.2, -0.15) is 0 Å². The van der Waals surface area contributed by atoms with Gasteiger partial charge in [-0.15, -0.1) is 0 Å². The van der Waals surface area contributed by atoms with Crippen molar-refractivity contribution >= 4 is 0 Å². The fourth-order valence-corrected chi connectivity index (χ4v) is 3.12. The normalized spacial score (nSPS) is 50.0. The highest BCUT2D eigenvalue weighted by molar-refractivity contribution is 5.13. The maximum absolute atomic E-state index is 10.1. The van der Waals surface area contributed by atoms with Crippen LogP contribution in [-0.4, -0.2) is 22.4 Å². The summed E-state index contributed by atoms with van der Waals surface area (Å²) in [4.78, 5) is 0. The molecule has 2 heteroatoms. The summed E-state index contributed by atoms with van der Waals surface area (Å²) in [5, 5.41) is 19.2. The molecule has 12 heavy (non-hydrogen) atoms. The molecule has 0 aromatic carbocycles. The average Bonchev–Trinajstić information content (AvgIpc) is 2.04. The monoisotopic (exact) mass is 170 g/mol. The molecule has 2 bridgehead atoms. The fourth-order valence-electron chi connectivity index (χ4n) is 3.12. The lowest BCUT2D eigenvalue weighted by Crippen LogP contribution is -2.66. The summed E-state index contributed by atoms with van der Waals surface area (Å²) in [5.74, 6) is 0.982. The molecule has 2 nitrogen and oxygen atoms in total. The largest absolute Gasteiger partial charge is 0.396 e. The van der Waals surface area contributed by atoms with Gasteiger partial charge in [0.15, 0.2) is 0 Å². The van der Waals surface area contributed by atoms with E-state index in [1.54, 1.807) is 0 Å². The van der Waals surface area contributed by atoms with E-state index in [9.17, 15) is 5.11 Å². The molecule has 3 fully saturated rings. The van der Waals surface area contributed by atoms with Crippen LogP contribution in [0.4, 0.5) is 0 Å². The van der Waals surface area contributed by atoms with E-state index in [1.807, 2.05) is 0 Å². The zero-order chi connectivity index (χ0) is 8.98. The molecule has 0 aromatic rings. The van der Waals surface area contributed by atoms with E-state index in [0.29, 0.717) is 18.4 Å². The highest BCUT2D eigenvalue weighted by Gasteiger charge is 2.63. The van der Waals surface area contributed by atoms with E-state index in [4.69, 9.17) is 5.11 Å². The summed E-state index contributed by atoms with van der Waals surface area (Å²) in [7, 11) is 0. The van der Waals surface area contributed by atoms with Crippen LogP contribution in [0.2, 0.25) is 0 Å². The number of hydrogen-bond donors (Lipinski definition) is 2. The van der Waals surface area contributed by atoms with Crippen molar-refractivity contribution in [2.24, 2.45) is 17.3 Å². The summed E-state index contributed by atoms with van der Waals surface area (Å²) in [6.07, 6.45) is 2.79. The summed E-state index contributed by atoms with van der Waals surface area (Å²) in [5.41, 5.74) is -0.373. The van der Waals surface area contributed by atoms with Crippen molar-refractivity contribution in [3.05, 3.63) is 0 Å². The third-order valence-electron chi connectivity index (χ3n) is 4.42. The first-order valence-electron chi connectivity index (χ1n) is 4.84. The lowest BCUT2D eigenvalue weighted by Gasteiger charge is -2.65. The van der Waals surface area contributed by atoms with Gasteiger partial charge in [0.05, 0.1) is 5.60 Å². The molecule has 0 amide bonds. The summed E-state index contributed by atoms with van der Waals surface area (Å²) in [6, 6.07) is 0. The standard InChI is InChI=1S/C10H18O2/c1-9(2)8-5-10(9,12)4-3-7(8)6-11/h7-8,11-12H,3-6H2,1-2H3/t7-,8+,10-/m1/s1. The molecule has 0 aromatic heterocycles. The molecule has 3 aliphatic carbocycles. The quantitative estimate of drug-likeness (QED) is 0.620. The maximum Gasteiger partial charge on any atom is 0.0704 e. The van der Waals surface area contributed by atoms with Crippen LogP contribution < -0.4 is 0 Å². The molecule has 3 aliphatic rings. The van der Waals surface area contributed by atoms with Gasteiger partial charge < -0.3 is 10.2 Å². The van der Waals surface area contributed by atoms with E-state index >= 15 is 0 Å². The molecule has 0 spiro atoms. The molecule has 3 saturated carbocycles. The van der Waals surface area contributed by atoms with E-state index in [0.717, 1.165) is 19.3 Å². The van der Waals surface area contributed by atoms with Crippen molar-refractivity contribution in [1.82, 2.24) is 0 Å². The molecular weight excluding hydrogens is 152 g/mol. The van der Waals surface area contributed by atoms with Crippen LogP contribution >= 0.6 is 0 Å². The molecule has 3 atom stereocenters. The number of aliphatic hydroxyl groups is 2. The molecule has 70 valence electrons. The van der Waals surface area contributed by atoms with Crippen LogP contribution in [-0.2, 0) is 0 Å². The fraction of sp³-hybridized carbons (Fsp3) is 1.00. The minimum Gasteiger partial charge on any atom is -0.396 e. The Morgan fingerprint density at radius 1 is 1.42 bits per heavy atom. The Bertz CT molecular complexity index is 196. The summed E-state index contributed by atoms with van der Waals surface area (Å²) < 4.78 is 0. The predicted octanol–water partition coefficient (Wildman–Crippen LogP) is 1.17. The third-order valence-corrected chi connectivity index (χ3v) is 4.42. The van der Waals surface area contributed by atoms with Gasteiger partial charge in [-0.3, -0.25) is 0 Å². The molecule has 0 aliphatic heterocycles. The minimum atomic E-state index is -0.413. The highest BCUT2D eigenvalue weighted by atomic mass is 16.3. The van der Waals surface area contributed by atoms with Crippen LogP contribution in [0.1, 0.15) is 33.1 Å². The van der Waals surface area contributed by atoms with Crippen molar-refractivity contribution < 1.29 is 10.2 Å². The van der Waals surface area contributed by atoms with Crippen molar-refractivity contribution in [2.75, 3.05) is 6.61 Å². The minimum absolute atomic E-state index is 0.0403. The van der Waals surface area contributed by atoms with E-state index in [-0.39, 0.29) is 5.41 Å². The zero-order valence-corrected chi connectivity index (χ0v) is 7.88. The summed E-state index contributed by atoms with van der Waals surface area (Å²) in [6.45, 7) is 4.55. The van der Waals surface area contributed by atoms with Crippen LogP contribution in [0, 0.1) is 17.3 Å². The molecule has 0 saturated heterocycles. The zero-order valence-electron chi connectivity index (χ0n) is 7.88. The van der Waals surface area contributed by atoms with Gasteiger partial charge in [-0.25, -0.2) is 0 Å². The topological polar surface area (TPSA) is 40.5 Å². The van der Waals surface area contributed by atoms with E-state index in [2.05, 4.69) is 13.8 Å². The lowest BCUT2D eigenvalue weighted by atomic mass is 9.43. The second kappa shape index (κ2) is 2.24. The summed E-state index contributed by atoms with van der Waals surface area (Å²) >= 11 is 0.